The highest BCUT2D eigenvalue weighted by molar-refractivity contribution is 7.89. The van der Waals surface area contributed by atoms with Crippen molar-refractivity contribution in [2.24, 2.45) is 5.14 Å². The molecule has 4 N–H and O–H groups in total. The molecule has 1 fully saturated rings. The van der Waals surface area contributed by atoms with Crippen LogP contribution in [0.15, 0.2) is 35.4 Å². The Kier molecular flexibility index (Phi) is 8.75. The summed E-state index contributed by atoms with van der Waals surface area (Å²) in [6, 6.07) is 5.92. The molecule has 0 radical (unpaired) electrons. The first-order chi connectivity index (χ1) is 18.7. The second-order valence-electron chi connectivity index (χ2n) is 10.0. The van der Waals surface area contributed by atoms with E-state index in [9.17, 15) is 26.4 Å². The molecular formula is C25H31F3N6O4S2. The molecule has 40 heavy (non-hydrogen) atoms. The van der Waals surface area contributed by atoms with Crippen LogP contribution in [0, 0.1) is 6.92 Å². The van der Waals surface area contributed by atoms with E-state index >= 15 is 0 Å². The largest absolute Gasteiger partial charge is 0.447 e. The van der Waals surface area contributed by atoms with Gasteiger partial charge in [-0.25, -0.2) is 23.3 Å². The van der Waals surface area contributed by atoms with Crippen molar-refractivity contribution in [1.82, 2.24) is 20.1 Å². The summed E-state index contributed by atoms with van der Waals surface area (Å²) in [5.41, 5.74) is 1.36. The van der Waals surface area contributed by atoms with Gasteiger partial charge in [0.05, 0.1) is 26.6 Å². The van der Waals surface area contributed by atoms with Crippen molar-refractivity contribution in [2.75, 3.05) is 5.32 Å². The second kappa shape index (κ2) is 11.7. The van der Waals surface area contributed by atoms with E-state index in [0.29, 0.717) is 21.8 Å². The molecule has 15 heteroatoms. The Balaban J connectivity index is 1.50. The number of nitrogens with two attached hydrogens (primary N) is 1. The van der Waals surface area contributed by atoms with Crippen LogP contribution in [0.5, 0.6) is 0 Å². The van der Waals surface area contributed by atoms with E-state index in [1.54, 1.807) is 32.9 Å². The molecule has 0 bridgehead atoms. The number of carbonyl (C=O) groups is 1. The average Bonchev–Trinajstić information content (AvgIpc) is 3.43. The lowest BCUT2D eigenvalue weighted by molar-refractivity contribution is -0.142. The summed E-state index contributed by atoms with van der Waals surface area (Å²) in [6.45, 7) is 4.14. The predicted molar refractivity (Wildman–Crippen MR) is 145 cm³/mol. The molecular weight excluding hydrogens is 569 g/mol. The number of hydrogen-bond donors (Lipinski definition) is 3. The number of hydrogen-bond acceptors (Lipinski definition) is 8. The molecule has 10 nitrogen and oxygen atoms in total. The van der Waals surface area contributed by atoms with Crippen LogP contribution >= 0.6 is 11.3 Å². The number of primary sulfonamides is 1. The Morgan fingerprint density at radius 1 is 1.23 bits per heavy atom. The number of alkyl carbamates (subject to hydrolysis) is 1. The van der Waals surface area contributed by atoms with Crippen LogP contribution in [0.3, 0.4) is 0 Å². The zero-order valence-corrected chi connectivity index (χ0v) is 23.8. The number of thiazole rings is 1. The van der Waals surface area contributed by atoms with E-state index in [1.807, 2.05) is 0 Å². The average molecular weight is 601 g/mol. The maximum absolute atomic E-state index is 12.6. The smallest absolute Gasteiger partial charge is 0.408 e. The van der Waals surface area contributed by atoms with Crippen molar-refractivity contribution in [3.63, 3.8) is 0 Å². The molecule has 0 atom stereocenters. The van der Waals surface area contributed by atoms with Crippen LogP contribution in [-0.2, 0) is 21.3 Å². The van der Waals surface area contributed by atoms with Crippen molar-refractivity contribution in [3.05, 3.63) is 41.2 Å². The van der Waals surface area contributed by atoms with Crippen LogP contribution in [0.2, 0.25) is 0 Å². The first-order valence-corrected chi connectivity index (χ1v) is 15.0. The Hall–Kier alpha value is -3.17. The quantitative estimate of drug-likeness (QED) is 0.313. The standard InChI is InChI=1S/C25H31F3N6O4S2/c1-14(2)38-24(35)32-17-6-4-16(5-7-17)23-30-15(3)22(39-23)19-9-8-18(12-20(19)40(29,36)37)31-21-10-11-34(33-21)13-25(26,27)28/h8-12,14,16-17H,4-7,13H2,1-3H3,(H,31,33)(H,32,35)(H2,29,36,37). The minimum atomic E-state index is -4.42. The van der Waals surface area contributed by atoms with Crippen molar-refractivity contribution < 1.29 is 31.1 Å². The summed E-state index contributed by atoms with van der Waals surface area (Å²) in [5.74, 6) is 0.290. The van der Waals surface area contributed by atoms with Gasteiger partial charge in [-0.2, -0.15) is 18.3 Å². The van der Waals surface area contributed by atoms with Gasteiger partial charge in [0.25, 0.3) is 0 Å². The summed E-state index contributed by atoms with van der Waals surface area (Å²) >= 11 is 1.41. The minimum Gasteiger partial charge on any atom is -0.447 e. The molecule has 2 aromatic heterocycles. The van der Waals surface area contributed by atoms with Gasteiger partial charge in [0.15, 0.2) is 5.82 Å². The Bertz CT molecular complexity index is 1460. The molecule has 0 spiro atoms. The molecule has 1 aliphatic carbocycles. The number of halogens is 3. The highest BCUT2D eigenvalue weighted by Crippen LogP contribution is 2.41. The third-order valence-corrected chi connectivity index (χ3v) is 8.65. The van der Waals surface area contributed by atoms with E-state index in [4.69, 9.17) is 14.9 Å². The molecule has 0 aliphatic heterocycles. The lowest BCUT2D eigenvalue weighted by atomic mass is 9.86. The van der Waals surface area contributed by atoms with Gasteiger partial charge in [0.2, 0.25) is 10.0 Å². The summed E-state index contributed by atoms with van der Waals surface area (Å²) in [4.78, 5) is 17.2. The fraction of sp³-hybridized carbons (Fsp3) is 0.480. The SMILES string of the molecule is Cc1nc(C2CCC(NC(=O)OC(C)C)CC2)sc1-c1ccc(Nc2ccn(CC(F)(F)F)n2)cc1S(N)(=O)=O. The number of nitrogens with one attached hydrogen (secondary N) is 2. The van der Waals surface area contributed by atoms with Crippen molar-refractivity contribution in [3.8, 4) is 10.4 Å². The molecule has 1 amide bonds. The lowest BCUT2D eigenvalue weighted by Gasteiger charge is -2.28. The van der Waals surface area contributed by atoms with Gasteiger partial charge >= 0.3 is 12.3 Å². The van der Waals surface area contributed by atoms with E-state index in [2.05, 4.69) is 15.7 Å². The number of ether oxygens (including phenoxy) is 1. The highest BCUT2D eigenvalue weighted by atomic mass is 32.2. The maximum Gasteiger partial charge on any atom is 0.408 e. The van der Waals surface area contributed by atoms with Crippen LogP contribution in [-0.4, -0.2) is 47.6 Å². The number of alkyl halides is 3. The van der Waals surface area contributed by atoms with Crippen molar-refractivity contribution >= 4 is 39.0 Å². The molecule has 1 saturated carbocycles. The third kappa shape index (κ3) is 7.73. The molecule has 4 rings (SSSR count). The van der Waals surface area contributed by atoms with Gasteiger partial charge < -0.3 is 15.4 Å². The highest BCUT2D eigenvalue weighted by Gasteiger charge is 2.29. The van der Waals surface area contributed by atoms with Gasteiger partial charge in [-0.05, 0) is 58.6 Å². The van der Waals surface area contributed by atoms with E-state index in [0.717, 1.165) is 35.4 Å². The van der Waals surface area contributed by atoms with Crippen LogP contribution in [0.25, 0.3) is 10.4 Å². The van der Waals surface area contributed by atoms with E-state index < -0.39 is 28.8 Å². The number of carbonyl (C=O) groups excluding carboxylic acids is 1. The summed E-state index contributed by atoms with van der Waals surface area (Å²) in [6.07, 6.45) is -0.699. The van der Waals surface area contributed by atoms with Gasteiger partial charge in [-0.15, -0.1) is 11.3 Å². The minimum absolute atomic E-state index is 0.0249. The van der Waals surface area contributed by atoms with Crippen LogP contribution in [0.4, 0.5) is 29.5 Å². The third-order valence-electron chi connectivity index (χ3n) is 6.34. The predicted octanol–water partition coefficient (Wildman–Crippen LogP) is 5.43. The van der Waals surface area contributed by atoms with Crippen molar-refractivity contribution in [1.29, 1.82) is 0 Å². The van der Waals surface area contributed by atoms with E-state index in [1.165, 1.54) is 29.7 Å². The number of rotatable bonds is 8. The van der Waals surface area contributed by atoms with Crippen molar-refractivity contribution in [2.45, 2.75) is 82.1 Å². The fourth-order valence-corrected chi connectivity index (χ4v) is 6.72. The monoisotopic (exact) mass is 600 g/mol. The van der Waals surface area contributed by atoms with Gasteiger partial charge in [-0.3, -0.25) is 4.68 Å². The topological polar surface area (TPSA) is 141 Å². The van der Waals surface area contributed by atoms with E-state index in [-0.39, 0.29) is 28.8 Å². The first kappa shape index (κ1) is 29.8. The lowest BCUT2D eigenvalue weighted by Crippen LogP contribution is -2.38. The molecule has 218 valence electrons. The molecule has 0 saturated heterocycles. The van der Waals surface area contributed by atoms with Crippen LogP contribution in [0.1, 0.15) is 56.2 Å². The molecule has 0 unspecified atom stereocenters. The summed E-state index contributed by atoms with van der Waals surface area (Å²) in [5, 5.41) is 16.0. The first-order valence-electron chi connectivity index (χ1n) is 12.7. The van der Waals surface area contributed by atoms with Crippen LogP contribution < -0.4 is 15.8 Å². The Morgan fingerprint density at radius 3 is 2.55 bits per heavy atom. The number of anilines is 2. The zero-order valence-electron chi connectivity index (χ0n) is 22.2. The normalized spacial score (nSPS) is 18.1. The molecule has 2 heterocycles. The summed E-state index contributed by atoms with van der Waals surface area (Å²) in [7, 11) is -4.16. The second-order valence-corrected chi connectivity index (χ2v) is 12.6. The number of aromatic nitrogens is 3. The fourth-order valence-electron chi connectivity index (χ4n) is 4.61. The summed E-state index contributed by atoms with van der Waals surface area (Å²) < 4.78 is 68.9. The van der Waals surface area contributed by atoms with Gasteiger partial charge in [0.1, 0.15) is 6.54 Å². The molecule has 1 aliphatic rings. The number of sulfonamides is 1. The Morgan fingerprint density at radius 2 is 1.93 bits per heavy atom. The molecule has 1 aromatic carbocycles. The number of benzene rings is 1. The Labute approximate surface area is 234 Å². The van der Waals surface area contributed by atoms with Gasteiger partial charge in [0, 0.05) is 35.5 Å². The number of amides is 1. The maximum atomic E-state index is 12.6. The zero-order chi connectivity index (χ0) is 29.2. The number of nitrogens with zero attached hydrogens (tertiary/aromatic N) is 3. The number of aryl methyl sites for hydroxylation is 1. The van der Waals surface area contributed by atoms with Gasteiger partial charge in [-0.1, -0.05) is 6.07 Å². The molecule has 3 aromatic rings.